The van der Waals surface area contributed by atoms with E-state index in [1.807, 2.05) is 54.6 Å². The molecule has 0 fully saturated rings. The lowest BCUT2D eigenvalue weighted by Crippen LogP contribution is -2.22. The highest BCUT2D eigenvalue weighted by Gasteiger charge is 2.10. The zero-order chi connectivity index (χ0) is 17.1. The van der Waals surface area contributed by atoms with E-state index in [0.29, 0.717) is 23.3 Å². The number of fused-ring (bicyclic) bond motifs is 1. The first-order chi connectivity index (χ1) is 12.3. The SMILES string of the molecule is O=C(NCc1ccccc1)c1cccc(-n2nnc3cccnc32)c1. The van der Waals surface area contributed by atoms with Gasteiger partial charge in [-0.05, 0) is 35.9 Å². The van der Waals surface area contributed by atoms with Crippen LogP contribution in [0.15, 0.2) is 72.9 Å². The summed E-state index contributed by atoms with van der Waals surface area (Å²) in [6.07, 6.45) is 1.69. The number of pyridine rings is 1. The predicted molar refractivity (Wildman–Crippen MR) is 94.3 cm³/mol. The molecule has 2 aromatic heterocycles. The summed E-state index contributed by atoms with van der Waals surface area (Å²) in [7, 11) is 0. The van der Waals surface area contributed by atoms with Crippen LogP contribution >= 0.6 is 0 Å². The second kappa shape index (κ2) is 6.52. The van der Waals surface area contributed by atoms with Crippen LogP contribution in [0, 0.1) is 0 Å². The molecule has 1 N–H and O–H groups in total. The van der Waals surface area contributed by atoms with Crippen molar-refractivity contribution in [2.45, 2.75) is 6.54 Å². The molecule has 2 aromatic carbocycles. The van der Waals surface area contributed by atoms with Crippen molar-refractivity contribution in [2.75, 3.05) is 0 Å². The van der Waals surface area contributed by atoms with Gasteiger partial charge >= 0.3 is 0 Å². The molecule has 0 unspecified atom stereocenters. The molecule has 0 saturated carbocycles. The number of hydrogen-bond acceptors (Lipinski definition) is 4. The molecule has 6 heteroatoms. The normalized spacial score (nSPS) is 10.7. The Morgan fingerprint density at radius 1 is 1.00 bits per heavy atom. The summed E-state index contributed by atoms with van der Waals surface area (Å²) < 4.78 is 1.63. The first-order valence-corrected chi connectivity index (χ1v) is 7.90. The topological polar surface area (TPSA) is 72.7 Å². The van der Waals surface area contributed by atoms with Crippen LogP contribution in [0.1, 0.15) is 15.9 Å². The van der Waals surface area contributed by atoms with Crippen LogP contribution in [0.2, 0.25) is 0 Å². The number of nitrogens with zero attached hydrogens (tertiary/aromatic N) is 4. The van der Waals surface area contributed by atoms with Crippen molar-refractivity contribution in [1.82, 2.24) is 25.3 Å². The van der Waals surface area contributed by atoms with Crippen LogP contribution in [0.5, 0.6) is 0 Å². The first kappa shape index (κ1) is 15.0. The third kappa shape index (κ3) is 3.10. The third-order valence-corrected chi connectivity index (χ3v) is 3.86. The zero-order valence-electron chi connectivity index (χ0n) is 13.3. The fraction of sp³-hybridized carbons (Fsp3) is 0.0526. The number of carbonyl (C=O) groups is 1. The van der Waals surface area contributed by atoms with E-state index in [0.717, 1.165) is 11.3 Å². The Balaban J connectivity index is 1.58. The Morgan fingerprint density at radius 2 is 1.88 bits per heavy atom. The molecule has 0 aliphatic rings. The van der Waals surface area contributed by atoms with Gasteiger partial charge in [-0.25, -0.2) is 4.98 Å². The number of amides is 1. The lowest BCUT2D eigenvalue weighted by molar-refractivity contribution is 0.0951. The lowest BCUT2D eigenvalue weighted by Gasteiger charge is -2.07. The molecule has 0 spiro atoms. The van der Waals surface area contributed by atoms with E-state index in [2.05, 4.69) is 20.6 Å². The highest BCUT2D eigenvalue weighted by atomic mass is 16.1. The average Bonchev–Trinajstić information content (AvgIpc) is 3.11. The Hall–Kier alpha value is -3.54. The fourth-order valence-electron chi connectivity index (χ4n) is 2.60. The summed E-state index contributed by atoms with van der Waals surface area (Å²) in [5.74, 6) is -0.136. The van der Waals surface area contributed by atoms with Crippen LogP contribution in [-0.4, -0.2) is 25.9 Å². The summed E-state index contributed by atoms with van der Waals surface area (Å²) >= 11 is 0. The van der Waals surface area contributed by atoms with E-state index in [1.54, 1.807) is 23.0 Å². The van der Waals surface area contributed by atoms with Crippen molar-refractivity contribution in [3.63, 3.8) is 0 Å². The minimum absolute atomic E-state index is 0.136. The van der Waals surface area contributed by atoms with Crippen LogP contribution in [0.4, 0.5) is 0 Å². The maximum Gasteiger partial charge on any atom is 0.251 e. The maximum absolute atomic E-state index is 12.4. The van der Waals surface area contributed by atoms with Gasteiger partial charge in [-0.1, -0.05) is 41.6 Å². The van der Waals surface area contributed by atoms with E-state index < -0.39 is 0 Å². The molecule has 2 heterocycles. The molecule has 0 saturated heterocycles. The Bertz CT molecular complexity index is 1030. The van der Waals surface area contributed by atoms with Gasteiger partial charge in [0.05, 0.1) is 5.69 Å². The van der Waals surface area contributed by atoms with Crippen molar-refractivity contribution in [1.29, 1.82) is 0 Å². The van der Waals surface area contributed by atoms with Crippen LogP contribution in [0.25, 0.3) is 16.9 Å². The lowest BCUT2D eigenvalue weighted by atomic mass is 10.1. The fourth-order valence-corrected chi connectivity index (χ4v) is 2.60. The third-order valence-electron chi connectivity index (χ3n) is 3.86. The van der Waals surface area contributed by atoms with Crippen molar-refractivity contribution < 1.29 is 4.79 Å². The highest BCUT2D eigenvalue weighted by Crippen LogP contribution is 2.15. The average molecular weight is 329 g/mol. The van der Waals surface area contributed by atoms with E-state index >= 15 is 0 Å². The summed E-state index contributed by atoms with van der Waals surface area (Å²) in [5.41, 5.74) is 3.73. The first-order valence-electron chi connectivity index (χ1n) is 7.90. The molecular formula is C19H15N5O. The molecule has 25 heavy (non-hydrogen) atoms. The Kier molecular flexibility index (Phi) is 3.92. The molecule has 122 valence electrons. The minimum atomic E-state index is -0.136. The van der Waals surface area contributed by atoms with Gasteiger partial charge in [-0.2, -0.15) is 4.68 Å². The highest BCUT2D eigenvalue weighted by molar-refractivity contribution is 5.94. The number of hydrogen-bond donors (Lipinski definition) is 1. The summed E-state index contributed by atoms with van der Waals surface area (Å²) in [6.45, 7) is 0.484. The quantitative estimate of drug-likeness (QED) is 0.625. The second-order valence-electron chi connectivity index (χ2n) is 5.57. The van der Waals surface area contributed by atoms with Gasteiger partial charge in [0.15, 0.2) is 5.65 Å². The van der Waals surface area contributed by atoms with Gasteiger partial charge in [0.1, 0.15) is 5.52 Å². The van der Waals surface area contributed by atoms with Gasteiger partial charge in [0, 0.05) is 18.3 Å². The number of nitrogens with one attached hydrogen (secondary N) is 1. The minimum Gasteiger partial charge on any atom is -0.348 e. The largest absolute Gasteiger partial charge is 0.348 e. The summed E-state index contributed by atoms with van der Waals surface area (Å²) in [5, 5.41) is 11.2. The molecule has 0 aliphatic carbocycles. The monoisotopic (exact) mass is 329 g/mol. The van der Waals surface area contributed by atoms with Crippen molar-refractivity contribution in [3.8, 4) is 5.69 Å². The van der Waals surface area contributed by atoms with E-state index in [4.69, 9.17) is 0 Å². The molecule has 0 atom stereocenters. The van der Waals surface area contributed by atoms with Gasteiger partial charge in [-0.3, -0.25) is 4.79 Å². The summed E-state index contributed by atoms with van der Waals surface area (Å²) in [4.78, 5) is 16.7. The number of aromatic nitrogens is 4. The molecule has 0 aliphatic heterocycles. The van der Waals surface area contributed by atoms with Crippen molar-refractivity contribution >= 4 is 17.1 Å². The Morgan fingerprint density at radius 3 is 2.76 bits per heavy atom. The smallest absolute Gasteiger partial charge is 0.251 e. The molecule has 0 bridgehead atoms. The van der Waals surface area contributed by atoms with E-state index in [1.165, 1.54) is 0 Å². The zero-order valence-corrected chi connectivity index (χ0v) is 13.3. The van der Waals surface area contributed by atoms with E-state index in [9.17, 15) is 4.79 Å². The van der Waals surface area contributed by atoms with Gasteiger partial charge < -0.3 is 5.32 Å². The molecule has 6 nitrogen and oxygen atoms in total. The maximum atomic E-state index is 12.4. The van der Waals surface area contributed by atoms with Crippen LogP contribution < -0.4 is 5.32 Å². The van der Waals surface area contributed by atoms with Crippen molar-refractivity contribution in [3.05, 3.63) is 84.1 Å². The van der Waals surface area contributed by atoms with Gasteiger partial charge in [-0.15, -0.1) is 5.10 Å². The van der Waals surface area contributed by atoms with E-state index in [-0.39, 0.29) is 5.91 Å². The molecular weight excluding hydrogens is 314 g/mol. The molecule has 0 radical (unpaired) electrons. The standard InChI is InChI=1S/C19H15N5O/c25-19(21-13-14-6-2-1-3-7-14)15-8-4-9-16(12-15)24-18-17(22-23-24)10-5-11-20-18/h1-12H,13H2,(H,21,25). The predicted octanol–water partition coefficient (Wildman–Crippen LogP) is 2.75. The number of benzene rings is 2. The molecule has 1 amide bonds. The number of carbonyl (C=O) groups excluding carboxylic acids is 1. The molecule has 4 rings (SSSR count). The molecule has 4 aromatic rings. The summed E-state index contributed by atoms with van der Waals surface area (Å²) in [6, 6.07) is 20.7. The second-order valence-corrected chi connectivity index (χ2v) is 5.57. The van der Waals surface area contributed by atoms with Gasteiger partial charge in [0.2, 0.25) is 0 Å². The van der Waals surface area contributed by atoms with Crippen LogP contribution in [-0.2, 0) is 6.54 Å². The Labute approximate surface area is 144 Å². The number of rotatable bonds is 4. The van der Waals surface area contributed by atoms with Crippen molar-refractivity contribution in [2.24, 2.45) is 0 Å². The van der Waals surface area contributed by atoms with Gasteiger partial charge in [0.25, 0.3) is 5.91 Å². The van der Waals surface area contributed by atoms with Crippen LogP contribution in [0.3, 0.4) is 0 Å².